The smallest absolute Gasteiger partial charge is 0.306 e. The van der Waals surface area contributed by atoms with Gasteiger partial charge in [0.15, 0.2) is 0 Å². The van der Waals surface area contributed by atoms with E-state index in [1.165, 1.54) is 6.92 Å². The molecule has 0 aromatic carbocycles. The van der Waals surface area contributed by atoms with Gasteiger partial charge in [-0.25, -0.2) is 0 Å². The second-order valence-electron chi connectivity index (χ2n) is 3.67. The van der Waals surface area contributed by atoms with E-state index in [9.17, 15) is 9.59 Å². The van der Waals surface area contributed by atoms with Crippen LogP contribution in [0.1, 0.15) is 13.3 Å². The number of esters is 2. The molecular weight excluding hydrogens is 184 g/mol. The molecule has 3 atom stereocenters. The topological polar surface area (TPSA) is 52.6 Å². The quantitative estimate of drug-likeness (QED) is 0.481. The summed E-state index contributed by atoms with van der Waals surface area (Å²) in [6.45, 7) is 1.73. The van der Waals surface area contributed by atoms with Crippen molar-refractivity contribution in [3.63, 3.8) is 0 Å². The summed E-state index contributed by atoms with van der Waals surface area (Å²) in [6, 6.07) is 0. The zero-order valence-corrected chi connectivity index (χ0v) is 7.93. The molecule has 76 valence electrons. The highest BCUT2D eigenvalue weighted by atomic mass is 16.6. The van der Waals surface area contributed by atoms with Crippen molar-refractivity contribution in [2.24, 2.45) is 11.8 Å². The van der Waals surface area contributed by atoms with E-state index in [1.54, 1.807) is 0 Å². The first-order chi connectivity index (χ1) is 6.66. The van der Waals surface area contributed by atoms with E-state index in [0.29, 0.717) is 13.0 Å². The Morgan fingerprint density at radius 3 is 3.14 bits per heavy atom. The standard InChI is InChI=1S/C10H12O4/c1-6(11)13-5-7-2-3-9-8(7)4-10(12)14-9/h2-3,7-9H,4-5H2,1H3/t7-,8+,9-/m1/s1. The van der Waals surface area contributed by atoms with Crippen LogP contribution in [0.5, 0.6) is 0 Å². The van der Waals surface area contributed by atoms with Crippen molar-refractivity contribution in [3.05, 3.63) is 12.2 Å². The van der Waals surface area contributed by atoms with Gasteiger partial charge in [0.05, 0.1) is 13.0 Å². The van der Waals surface area contributed by atoms with Gasteiger partial charge in [-0.15, -0.1) is 0 Å². The van der Waals surface area contributed by atoms with Crippen molar-refractivity contribution < 1.29 is 19.1 Å². The Labute approximate surface area is 81.9 Å². The third kappa shape index (κ3) is 1.64. The molecular formula is C10H12O4. The number of carbonyl (C=O) groups excluding carboxylic acids is 2. The number of hydrogen-bond acceptors (Lipinski definition) is 4. The molecule has 0 radical (unpaired) electrons. The molecule has 1 heterocycles. The maximum absolute atomic E-state index is 11.0. The summed E-state index contributed by atoms with van der Waals surface area (Å²) >= 11 is 0. The van der Waals surface area contributed by atoms with Gasteiger partial charge in [-0.05, 0) is 6.08 Å². The average molecular weight is 196 g/mol. The molecule has 14 heavy (non-hydrogen) atoms. The molecule has 0 amide bonds. The van der Waals surface area contributed by atoms with E-state index in [1.807, 2.05) is 12.2 Å². The van der Waals surface area contributed by atoms with Crippen molar-refractivity contribution >= 4 is 11.9 Å². The molecule has 4 nitrogen and oxygen atoms in total. The first kappa shape index (κ1) is 9.24. The maximum Gasteiger partial charge on any atom is 0.306 e. The summed E-state index contributed by atoms with van der Waals surface area (Å²) in [5.41, 5.74) is 0. The number of rotatable bonds is 2. The molecule has 0 unspecified atom stereocenters. The van der Waals surface area contributed by atoms with Crippen LogP contribution in [0.25, 0.3) is 0 Å². The van der Waals surface area contributed by atoms with Crippen LogP contribution in [0.3, 0.4) is 0 Å². The Balaban J connectivity index is 1.92. The molecule has 2 rings (SSSR count). The summed E-state index contributed by atoms with van der Waals surface area (Å²) in [4.78, 5) is 21.6. The minimum Gasteiger partial charge on any atom is -0.465 e. The average Bonchev–Trinajstić information content (AvgIpc) is 2.60. The largest absolute Gasteiger partial charge is 0.465 e. The predicted octanol–water partition coefficient (Wildman–Crippen LogP) is 0.667. The minimum atomic E-state index is -0.285. The molecule has 0 bridgehead atoms. The van der Waals surface area contributed by atoms with E-state index >= 15 is 0 Å². The number of carbonyl (C=O) groups is 2. The molecule has 0 aromatic rings. The zero-order chi connectivity index (χ0) is 10.1. The highest BCUT2D eigenvalue weighted by Crippen LogP contribution is 2.36. The van der Waals surface area contributed by atoms with Gasteiger partial charge in [0.2, 0.25) is 0 Å². The van der Waals surface area contributed by atoms with Gasteiger partial charge < -0.3 is 9.47 Å². The molecule has 1 saturated heterocycles. The summed E-state index contributed by atoms with van der Waals surface area (Å²) in [7, 11) is 0. The Morgan fingerprint density at radius 1 is 1.64 bits per heavy atom. The minimum absolute atomic E-state index is 0.0944. The Bertz CT molecular complexity index is 294. The van der Waals surface area contributed by atoms with Crippen LogP contribution in [0.2, 0.25) is 0 Å². The van der Waals surface area contributed by atoms with Crippen LogP contribution in [0.4, 0.5) is 0 Å². The monoisotopic (exact) mass is 196 g/mol. The summed E-state index contributed by atoms with van der Waals surface area (Å²) in [5.74, 6) is -0.138. The molecule has 0 saturated carbocycles. The second-order valence-corrected chi connectivity index (χ2v) is 3.67. The lowest BCUT2D eigenvalue weighted by atomic mass is 9.93. The Kier molecular flexibility index (Phi) is 2.27. The van der Waals surface area contributed by atoms with Gasteiger partial charge in [-0.1, -0.05) is 6.08 Å². The van der Waals surface area contributed by atoms with E-state index in [0.717, 1.165) is 0 Å². The van der Waals surface area contributed by atoms with E-state index < -0.39 is 0 Å². The van der Waals surface area contributed by atoms with E-state index in [-0.39, 0.29) is 29.9 Å². The van der Waals surface area contributed by atoms with Gasteiger partial charge in [0, 0.05) is 18.8 Å². The van der Waals surface area contributed by atoms with Gasteiger partial charge >= 0.3 is 11.9 Å². The molecule has 1 aliphatic carbocycles. The van der Waals surface area contributed by atoms with Gasteiger partial charge in [-0.3, -0.25) is 9.59 Å². The van der Waals surface area contributed by atoms with Crippen molar-refractivity contribution in [2.75, 3.05) is 6.61 Å². The fraction of sp³-hybridized carbons (Fsp3) is 0.600. The Morgan fingerprint density at radius 2 is 2.43 bits per heavy atom. The summed E-state index contributed by atoms with van der Waals surface area (Å²) in [5, 5.41) is 0. The molecule has 1 aliphatic heterocycles. The van der Waals surface area contributed by atoms with Gasteiger partial charge in [0.25, 0.3) is 0 Å². The number of hydrogen-bond donors (Lipinski definition) is 0. The fourth-order valence-electron chi connectivity index (χ4n) is 1.96. The lowest BCUT2D eigenvalue weighted by molar-refractivity contribution is -0.142. The highest BCUT2D eigenvalue weighted by molar-refractivity contribution is 5.73. The SMILES string of the molecule is CC(=O)OC[C@H]1C=C[C@H]2OC(=O)C[C@@H]12. The molecule has 0 N–H and O–H groups in total. The first-order valence-corrected chi connectivity index (χ1v) is 4.68. The second kappa shape index (κ2) is 3.44. The summed E-state index contributed by atoms with van der Waals surface area (Å²) < 4.78 is 9.97. The third-order valence-electron chi connectivity index (χ3n) is 2.67. The van der Waals surface area contributed by atoms with Crippen molar-refractivity contribution in [2.45, 2.75) is 19.4 Å². The van der Waals surface area contributed by atoms with Crippen molar-refractivity contribution in [1.29, 1.82) is 0 Å². The number of fused-ring (bicyclic) bond motifs is 1. The van der Waals surface area contributed by atoms with Crippen LogP contribution in [0.15, 0.2) is 12.2 Å². The van der Waals surface area contributed by atoms with Crippen LogP contribution in [-0.2, 0) is 19.1 Å². The van der Waals surface area contributed by atoms with Crippen molar-refractivity contribution in [3.8, 4) is 0 Å². The lowest BCUT2D eigenvalue weighted by Gasteiger charge is -2.15. The predicted molar refractivity (Wildman–Crippen MR) is 47.3 cm³/mol. The first-order valence-electron chi connectivity index (χ1n) is 4.68. The van der Waals surface area contributed by atoms with Crippen LogP contribution in [0, 0.1) is 11.8 Å². The van der Waals surface area contributed by atoms with Gasteiger partial charge in [-0.2, -0.15) is 0 Å². The molecule has 0 aromatic heterocycles. The summed E-state index contributed by atoms with van der Waals surface area (Å²) in [6.07, 6.45) is 4.18. The van der Waals surface area contributed by atoms with E-state index in [4.69, 9.17) is 9.47 Å². The molecule has 0 spiro atoms. The third-order valence-corrected chi connectivity index (χ3v) is 2.67. The fourth-order valence-corrected chi connectivity index (χ4v) is 1.96. The van der Waals surface area contributed by atoms with Crippen LogP contribution < -0.4 is 0 Å². The maximum atomic E-state index is 11.0. The van der Waals surface area contributed by atoms with Crippen LogP contribution in [-0.4, -0.2) is 24.6 Å². The normalized spacial score (nSPS) is 34.1. The molecule has 2 aliphatic rings. The lowest BCUT2D eigenvalue weighted by Crippen LogP contribution is -2.20. The van der Waals surface area contributed by atoms with Crippen molar-refractivity contribution in [1.82, 2.24) is 0 Å². The van der Waals surface area contributed by atoms with Gasteiger partial charge in [0.1, 0.15) is 6.10 Å². The molecule has 4 heteroatoms. The van der Waals surface area contributed by atoms with Crippen LogP contribution >= 0.6 is 0 Å². The van der Waals surface area contributed by atoms with E-state index in [2.05, 4.69) is 0 Å². The molecule has 1 fully saturated rings. The Hall–Kier alpha value is -1.32. The zero-order valence-electron chi connectivity index (χ0n) is 7.93. The number of ether oxygens (including phenoxy) is 2. The highest BCUT2D eigenvalue weighted by Gasteiger charge is 2.41.